The minimum atomic E-state index is -3.60. The lowest BCUT2D eigenvalue weighted by Crippen LogP contribution is -2.52. The number of carbonyl (C=O) groups excluding carboxylic acids is 1. The maximum atomic E-state index is 13.3. The van der Waals surface area contributed by atoms with Crippen LogP contribution < -0.4 is 5.32 Å². The molecule has 2 atom stereocenters. The SMILES string of the molecule is Cc1cc(Cl)ccc1S(=O)(=O)N1C2CCC1CC(NC(=O)c1ccncc1)C2. The zero-order chi connectivity index (χ0) is 19.9. The first-order valence-electron chi connectivity index (χ1n) is 9.37. The average Bonchev–Trinajstić information content (AvgIpc) is 2.94. The van der Waals surface area contributed by atoms with Crippen LogP contribution in [0.15, 0.2) is 47.6 Å². The number of hydrogen-bond acceptors (Lipinski definition) is 4. The molecule has 1 aromatic carbocycles. The molecule has 0 aliphatic carbocycles. The Bertz CT molecular complexity index is 983. The molecule has 0 spiro atoms. The molecule has 0 saturated carbocycles. The molecule has 28 heavy (non-hydrogen) atoms. The van der Waals surface area contributed by atoms with Gasteiger partial charge in [0, 0.05) is 41.1 Å². The van der Waals surface area contributed by atoms with Gasteiger partial charge in [-0.1, -0.05) is 11.6 Å². The minimum absolute atomic E-state index is 0.0315. The molecule has 8 heteroatoms. The van der Waals surface area contributed by atoms with Gasteiger partial charge in [-0.3, -0.25) is 9.78 Å². The van der Waals surface area contributed by atoms with Gasteiger partial charge in [0.25, 0.3) is 5.91 Å². The zero-order valence-electron chi connectivity index (χ0n) is 15.5. The summed E-state index contributed by atoms with van der Waals surface area (Å²) < 4.78 is 28.3. The van der Waals surface area contributed by atoms with Crippen LogP contribution in [0, 0.1) is 6.92 Å². The fourth-order valence-electron chi connectivity index (χ4n) is 4.43. The Labute approximate surface area is 170 Å². The van der Waals surface area contributed by atoms with Crippen LogP contribution in [0.2, 0.25) is 5.02 Å². The van der Waals surface area contributed by atoms with Crippen molar-refractivity contribution in [2.45, 2.75) is 55.6 Å². The molecule has 148 valence electrons. The summed E-state index contributed by atoms with van der Waals surface area (Å²) in [5, 5.41) is 3.59. The van der Waals surface area contributed by atoms with Crippen molar-refractivity contribution in [3.63, 3.8) is 0 Å². The molecule has 2 aliphatic heterocycles. The standard InChI is InChI=1S/C20H22ClN3O3S/c1-13-10-15(21)2-5-19(13)28(26,27)24-17-3-4-18(24)12-16(11-17)23-20(25)14-6-8-22-9-7-14/h2,5-10,16-18H,3-4,11-12H2,1H3,(H,23,25). The van der Waals surface area contributed by atoms with Crippen molar-refractivity contribution in [3.05, 3.63) is 58.9 Å². The van der Waals surface area contributed by atoms with E-state index < -0.39 is 10.0 Å². The molecule has 2 saturated heterocycles. The molecule has 1 aromatic heterocycles. The lowest BCUT2D eigenvalue weighted by atomic mass is 9.99. The Morgan fingerprint density at radius 1 is 1.14 bits per heavy atom. The maximum absolute atomic E-state index is 13.3. The van der Waals surface area contributed by atoms with E-state index >= 15 is 0 Å². The quantitative estimate of drug-likeness (QED) is 0.825. The summed E-state index contributed by atoms with van der Waals surface area (Å²) in [5.41, 5.74) is 1.22. The van der Waals surface area contributed by atoms with Crippen molar-refractivity contribution in [2.75, 3.05) is 0 Å². The fraction of sp³-hybridized carbons (Fsp3) is 0.400. The number of piperidine rings is 1. The van der Waals surface area contributed by atoms with Gasteiger partial charge < -0.3 is 5.32 Å². The Morgan fingerprint density at radius 2 is 1.79 bits per heavy atom. The van der Waals surface area contributed by atoms with Gasteiger partial charge in [0.15, 0.2) is 0 Å². The van der Waals surface area contributed by atoms with Crippen molar-refractivity contribution in [3.8, 4) is 0 Å². The van der Waals surface area contributed by atoms with Gasteiger partial charge in [0.1, 0.15) is 0 Å². The monoisotopic (exact) mass is 419 g/mol. The van der Waals surface area contributed by atoms with E-state index in [0.717, 1.165) is 12.8 Å². The topological polar surface area (TPSA) is 79.4 Å². The number of amides is 1. The van der Waals surface area contributed by atoms with E-state index in [1.165, 1.54) is 0 Å². The van der Waals surface area contributed by atoms with Crippen molar-refractivity contribution < 1.29 is 13.2 Å². The van der Waals surface area contributed by atoms with Crippen molar-refractivity contribution in [1.82, 2.24) is 14.6 Å². The van der Waals surface area contributed by atoms with E-state index in [0.29, 0.717) is 33.9 Å². The first-order valence-corrected chi connectivity index (χ1v) is 11.2. The highest BCUT2D eigenvalue weighted by Crippen LogP contribution is 2.40. The number of halogens is 1. The number of nitrogens with one attached hydrogen (secondary N) is 1. The number of nitrogens with zero attached hydrogens (tertiary/aromatic N) is 2. The third-order valence-corrected chi connectivity index (χ3v) is 8.04. The summed E-state index contributed by atoms with van der Waals surface area (Å²) in [6.07, 6.45) is 6.05. The van der Waals surface area contributed by atoms with Gasteiger partial charge in [-0.25, -0.2) is 8.42 Å². The number of fused-ring (bicyclic) bond motifs is 2. The van der Waals surface area contributed by atoms with Crippen LogP contribution in [0.5, 0.6) is 0 Å². The van der Waals surface area contributed by atoms with Gasteiger partial charge in [0.2, 0.25) is 10.0 Å². The van der Waals surface area contributed by atoms with Crippen molar-refractivity contribution in [2.24, 2.45) is 0 Å². The number of sulfonamides is 1. The Balaban J connectivity index is 1.52. The maximum Gasteiger partial charge on any atom is 0.251 e. The van der Waals surface area contributed by atoms with Gasteiger partial charge in [-0.15, -0.1) is 0 Å². The second-order valence-electron chi connectivity index (χ2n) is 7.51. The van der Waals surface area contributed by atoms with Crippen LogP contribution in [0.25, 0.3) is 0 Å². The number of carbonyl (C=O) groups is 1. The van der Waals surface area contributed by atoms with Crippen LogP contribution in [-0.2, 0) is 10.0 Å². The Morgan fingerprint density at radius 3 is 2.39 bits per heavy atom. The highest BCUT2D eigenvalue weighted by molar-refractivity contribution is 7.89. The predicted octanol–water partition coefficient (Wildman–Crippen LogP) is 3.16. The summed E-state index contributed by atoms with van der Waals surface area (Å²) in [6.45, 7) is 1.77. The molecule has 2 aliphatic rings. The summed E-state index contributed by atoms with van der Waals surface area (Å²) in [4.78, 5) is 16.7. The van der Waals surface area contributed by atoms with E-state index in [1.807, 2.05) is 0 Å². The molecule has 0 radical (unpaired) electrons. The van der Waals surface area contributed by atoms with E-state index in [1.54, 1.807) is 54.0 Å². The smallest absolute Gasteiger partial charge is 0.251 e. The molecule has 1 amide bonds. The van der Waals surface area contributed by atoms with Crippen LogP contribution in [0.4, 0.5) is 0 Å². The Kier molecular flexibility index (Phi) is 5.16. The number of benzene rings is 1. The van der Waals surface area contributed by atoms with Crippen LogP contribution in [0.1, 0.15) is 41.6 Å². The number of hydrogen-bond donors (Lipinski definition) is 1. The normalized spacial score (nSPS) is 24.9. The molecular weight excluding hydrogens is 398 g/mol. The molecule has 4 rings (SSSR count). The molecule has 6 nitrogen and oxygen atoms in total. The van der Waals surface area contributed by atoms with E-state index in [-0.39, 0.29) is 24.0 Å². The molecule has 2 fully saturated rings. The van der Waals surface area contributed by atoms with Gasteiger partial charge in [-0.05, 0) is 68.5 Å². The third-order valence-electron chi connectivity index (χ3n) is 5.64. The molecule has 2 aromatic rings. The van der Waals surface area contributed by atoms with Crippen LogP contribution in [-0.4, -0.2) is 41.7 Å². The van der Waals surface area contributed by atoms with E-state index in [4.69, 9.17) is 11.6 Å². The third kappa shape index (κ3) is 3.54. The number of rotatable bonds is 4. The van der Waals surface area contributed by atoms with E-state index in [9.17, 15) is 13.2 Å². The predicted molar refractivity (Wildman–Crippen MR) is 107 cm³/mol. The van der Waals surface area contributed by atoms with Crippen LogP contribution >= 0.6 is 11.6 Å². The highest BCUT2D eigenvalue weighted by atomic mass is 35.5. The lowest BCUT2D eigenvalue weighted by molar-refractivity contribution is 0.0909. The molecule has 3 heterocycles. The van der Waals surface area contributed by atoms with Gasteiger partial charge in [-0.2, -0.15) is 4.31 Å². The van der Waals surface area contributed by atoms with Crippen LogP contribution in [0.3, 0.4) is 0 Å². The van der Waals surface area contributed by atoms with Crippen molar-refractivity contribution in [1.29, 1.82) is 0 Å². The molecule has 1 N–H and O–H groups in total. The Hall–Kier alpha value is -1.96. The highest BCUT2D eigenvalue weighted by Gasteiger charge is 2.47. The fourth-order valence-corrected chi connectivity index (χ4v) is 6.76. The summed E-state index contributed by atoms with van der Waals surface area (Å²) in [5.74, 6) is -0.142. The van der Waals surface area contributed by atoms with Gasteiger partial charge in [0.05, 0.1) is 4.90 Å². The first kappa shape index (κ1) is 19.4. The van der Waals surface area contributed by atoms with E-state index in [2.05, 4.69) is 10.3 Å². The summed E-state index contributed by atoms with van der Waals surface area (Å²) in [7, 11) is -3.60. The minimum Gasteiger partial charge on any atom is -0.349 e. The van der Waals surface area contributed by atoms with Gasteiger partial charge >= 0.3 is 0 Å². The second-order valence-corrected chi connectivity index (χ2v) is 9.76. The largest absolute Gasteiger partial charge is 0.349 e. The number of aryl methyl sites for hydroxylation is 1. The number of pyridine rings is 1. The summed E-state index contributed by atoms with van der Waals surface area (Å²) >= 11 is 5.99. The second kappa shape index (κ2) is 7.46. The first-order chi connectivity index (χ1) is 13.4. The average molecular weight is 420 g/mol. The lowest BCUT2D eigenvalue weighted by Gasteiger charge is -2.38. The molecule has 2 bridgehead atoms. The molecular formula is C20H22ClN3O3S. The zero-order valence-corrected chi connectivity index (χ0v) is 17.1. The van der Waals surface area contributed by atoms with Crippen molar-refractivity contribution >= 4 is 27.5 Å². The summed E-state index contributed by atoms with van der Waals surface area (Å²) in [6, 6.07) is 8.01. The molecule has 2 unspecified atom stereocenters. The number of aromatic nitrogens is 1.